The van der Waals surface area contributed by atoms with E-state index in [9.17, 15) is 18.3 Å². The van der Waals surface area contributed by atoms with Gasteiger partial charge in [0.2, 0.25) is 0 Å². The summed E-state index contributed by atoms with van der Waals surface area (Å²) in [5, 5.41) is 13.2. The number of nitrogens with one attached hydrogen (secondary N) is 1. The van der Waals surface area contributed by atoms with Crippen LogP contribution in [-0.2, 0) is 9.84 Å². The predicted octanol–water partition coefficient (Wildman–Crippen LogP) is 1.50. The van der Waals surface area contributed by atoms with Crippen LogP contribution in [0.25, 0.3) is 0 Å². The van der Waals surface area contributed by atoms with Gasteiger partial charge in [0.1, 0.15) is 5.75 Å². The average molecular weight is 298 g/mol. The minimum absolute atomic E-state index is 0.0244. The van der Waals surface area contributed by atoms with Crippen LogP contribution in [-0.4, -0.2) is 30.7 Å². The summed E-state index contributed by atoms with van der Waals surface area (Å²) in [6.07, 6.45) is 1.04. The monoisotopic (exact) mass is 298 g/mol. The Balaban J connectivity index is 2.18. The quantitative estimate of drug-likeness (QED) is 0.895. The molecule has 2 rings (SSSR count). The van der Waals surface area contributed by atoms with Crippen molar-refractivity contribution in [2.24, 2.45) is 0 Å². The second-order valence-electron chi connectivity index (χ2n) is 3.77. The van der Waals surface area contributed by atoms with Gasteiger partial charge in [0.15, 0.2) is 20.0 Å². The number of aromatic nitrogens is 1. The van der Waals surface area contributed by atoms with Crippen LogP contribution >= 0.6 is 11.3 Å². The Bertz CT molecular complexity index is 722. The molecule has 0 saturated carbocycles. The SMILES string of the molecule is CS(=O)(=O)c1csc(NC(=O)c2cccc(O)c2)n1. The van der Waals surface area contributed by atoms with E-state index >= 15 is 0 Å². The van der Waals surface area contributed by atoms with Crippen LogP contribution in [0.15, 0.2) is 34.7 Å². The maximum absolute atomic E-state index is 11.8. The molecule has 8 heteroatoms. The number of benzene rings is 1. The third-order valence-electron chi connectivity index (χ3n) is 2.19. The van der Waals surface area contributed by atoms with Gasteiger partial charge in [0, 0.05) is 17.2 Å². The van der Waals surface area contributed by atoms with Crippen molar-refractivity contribution in [2.45, 2.75) is 5.03 Å². The molecule has 0 spiro atoms. The highest BCUT2D eigenvalue weighted by molar-refractivity contribution is 7.90. The average Bonchev–Trinajstić information content (AvgIpc) is 2.77. The molecule has 0 bridgehead atoms. The van der Waals surface area contributed by atoms with Gasteiger partial charge in [-0.2, -0.15) is 0 Å². The van der Waals surface area contributed by atoms with Crippen molar-refractivity contribution in [1.29, 1.82) is 0 Å². The Hall–Kier alpha value is -1.93. The molecule has 0 aliphatic rings. The van der Waals surface area contributed by atoms with E-state index in [2.05, 4.69) is 10.3 Å². The fraction of sp³-hybridized carbons (Fsp3) is 0.0909. The van der Waals surface area contributed by atoms with Crippen molar-refractivity contribution in [3.8, 4) is 5.75 Å². The highest BCUT2D eigenvalue weighted by Gasteiger charge is 2.14. The van der Waals surface area contributed by atoms with E-state index in [1.54, 1.807) is 0 Å². The van der Waals surface area contributed by atoms with Crippen LogP contribution in [0.3, 0.4) is 0 Å². The third-order valence-corrected chi connectivity index (χ3v) is 4.07. The molecule has 0 aliphatic carbocycles. The number of carbonyl (C=O) groups is 1. The van der Waals surface area contributed by atoms with Gasteiger partial charge in [0.05, 0.1) is 0 Å². The molecule has 100 valence electrons. The van der Waals surface area contributed by atoms with E-state index in [0.717, 1.165) is 17.6 Å². The molecule has 1 amide bonds. The van der Waals surface area contributed by atoms with E-state index in [0.29, 0.717) is 0 Å². The molecule has 0 saturated heterocycles. The fourth-order valence-electron chi connectivity index (χ4n) is 1.30. The maximum Gasteiger partial charge on any atom is 0.257 e. The fourth-order valence-corrected chi connectivity index (χ4v) is 3.03. The maximum atomic E-state index is 11.8. The van der Waals surface area contributed by atoms with Gasteiger partial charge in [-0.1, -0.05) is 6.07 Å². The number of aromatic hydroxyl groups is 1. The summed E-state index contributed by atoms with van der Waals surface area (Å²) in [6.45, 7) is 0. The van der Waals surface area contributed by atoms with Gasteiger partial charge in [-0.25, -0.2) is 13.4 Å². The number of carbonyl (C=O) groups excluding carboxylic acids is 1. The number of rotatable bonds is 3. The van der Waals surface area contributed by atoms with E-state index in [-0.39, 0.29) is 21.5 Å². The summed E-state index contributed by atoms with van der Waals surface area (Å²) in [5.41, 5.74) is 0.260. The number of nitrogens with zero attached hydrogens (tertiary/aromatic N) is 1. The van der Waals surface area contributed by atoms with Crippen LogP contribution in [0.4, 0.5) is 5.13 Å². The molecule has 1 aromatic heterocycles. The van der Waals surface area contributed by atoms with Gasteiger partial charge < -0.3 is 5.11 Å². The summed E-state index contributed by atoms with van der Waals surface area (Å²) in [4.78, 5) is 15.6. The molecule has 2 aromatic rings. The molecule has 19 heavy (non-hydrogen) atoms. The Morgan fingerprint density at radius 2 is 2.16 bits per heavy atom. The molecule has 0 fully saturated rings. The Labute approximate surface area is 113 Å². The van der Waals surface area contributed by atoms with E-state index in [1.807, 2.05) is 0 Å². The molecule has 0 aliphatic heterocycles. The molecule has 0 radical (unpaired) electrons. The first kappa shape index (κ1) is 13.5. The Kier molecular flexibility index (Phi) is 3.54. The highest BCUT2D eigenvalue weighted by Crippen LogP contribution is 2.20. The van der Waals surface area contributed by atoms with E-state index < -0.39 is 15.7 Å². The van der Waals surface area contributed by atoms with Gasteiger partial charge in [-0.15, -0.1) is 11.3 Å². The lowest BCUT2D eigenvalue weighted by Gasteiger charge is -2.01. The Morgan fingerprint density at radius 1 is 1.42 bits per heavy atom. The van der Waals surface area contributed by atoms with Crippen molar-refractivity contribution >= 4 is 32.2 Å². The normalized spacial score (nSPS) is 11.2. The van der Waals surface area contributed by atoms with Gasteiger partial charge in [-0.3, -0.25) is 10.1 Å². The minimum atomic E-state index is -3.38. The standard InChI is InChI=1S/C11H10N2O4S2/c1-19(16,17)9-6-18-11(12-9)13-10(15)7-3-2-4-8(14)5-7/h2-6,14H,1H3,(H,12,13,15). The minimum Gasteiger partial charge on any atom is -0.508 e. The largest absolute Gasteiger partial charge is 0.508 e. The summed E-state index contributed by atoms with van der Waals surface area (Å²) < 4.78 is 22.5. The number of sulfone groups is 1. The van der Waals surface area contributed by atoms with Gasteiger partial charge >= 0.3 is 0 Å². The molecule has 0 atom stereocenters. The summed E-state index contributed by atoms with van der Waals surface area (Å²) >= 11 is 1.02. The van der Waals surface area contributed by atoms with Crippen molar-refractivity contribution in [3.05, 3.63) is 35.2 Å². The zero-order valence-electron chi connectivity index (χ0n) is 9.82. The van der Waals surface area contributed by atoms with Crippen LogP contribution in [0, 0.1) is 0 Å². The lowest BCUT2D eigenvalue weighted by molar-refractivity contribution is 0.102. The lowest BCUT2D eigenvalue weighted by atomic mass is 10.2. The summed E-state index contributed by atoms with van der Waals surface area (Å²) in [6, 6.07) is 5.82. The Morgan fingerprint density at radius 3 is 2.74 bits per heavy atom. The first-order valence-electron chi connectivity index (χ1n) is 5.12. The van der Waals surface area contributed by atoms with Crippen molar-refractivity contribution in [3.63, 3.8) is 0 Å². The zero-order valence-corrected chi connectivity index (χ0v) is 11.5. The summed E-state index contributed by atoms with van der Waals surface area (Å²) in [5.74, 6) is -0.492. The number of hydrogen-bond acceptors (Lipinski definition) is 6. The first-order chi connectivity index (χ1) is 8.86. The van der Waals surface area contributed by atoms with Crippen LogP contribution in [0.5, 0.6) is 5.75 Å². The number of amides is 1. The number of phenolic OH excluding ortho intramolecular Hbond substituents is 1. The van der Waals surface area contributed by atoms with Crippen molar-refractivity contribution in [2.75, 3.05) is 11.6 Å². The molecule has 1 aromatic carbocycles. The van der Waals surface area contributed by atoms with Crippen LogP contribution in [0.1, 0.15) is 10.4 Å². The molecule has 0 unspecified atom stereocenters. The smallest absolute Gasteiger partial charge is 0.257 e. The number of hydrogen-bond donors (Lipinski definition) is 2. The number of phenols is 1. The third kappa shape index (κ3) is 3.30. The molecule has 2 N–H and O–H groups in total. The topological polar surface area (TPSA) is 96.4 Å². The number of thiazole rings is 1. The first-order valence-corrected chi connectivity index (χ1v) is 7.89. The van der Waals surface area contributed by atoms with E-state index in [4.69, 9.17) is 0 Å². The number of anilines is 1. The predicted molar refractivity (Wildman–Crippen MR) is 71.3 cm³/mol. The van der Waals surface area contributed by atoms with Gasteiger partial charge in [0.25, 0.3) is 5.91 Å². The lowest BCUT2D eigenvalue weighted by Crippen LogP contribution is -2.11. The zero-order chi connectivity index (χ0) is 14.0. The molecular weight excluding hydrogens is 288 g/mol. The molecular formula is C11H10N2O4S2. The molecule has 6 nitrogen and oxygen atoms in total. The molecule has 1 heterocycles. The van der Waals surface area contributed by atoms with Crippen LogP contribution in [0.2, 0.25) is 0 Å². The second kappa shape index (κ2) is 4.98. The van der Waals surface area contributed by atoms with Crippen molar-refractivity contribution in [1.82, 2.24) is 4.98 Å². The van der Waals surface area contributed by atoms with Crippen molar-refractivity contribution < 1.29 is 18.3 Å². The van der Waals surface area contributed by atoms with E-state index in [1.165, 1.54) is 29.6 Å². The summed E-state index contributed by atoms with van der Waals surface area (Å²) in [7, 11) is -3.38. The second-order valence-corrected chi connectivity index (χ2v) is 6.59. The van der Waals surface area contributed by atoms with Crippen LogP contribution < -0.4 is 5.32 Å². The highest BCUT2D eigenvalue weighted by atomic mass is 32.2. The van der Waals surface area contributed by atoms with Gasteiger partial charge in [-0.05, 0) is 18.2 Å².